The Morgan fingerprint density at radius 1 is 0.923 bits per heavy atom. The molecule has 2 heterocycles. The van der Waals surface area contributed by atoms with Crippen molar-refractivity contribution in [1.29, 1.82) is 5.26 Å². The Morgan fingerprint density at radius 2 is 1.65 bits per heavy atom. The Morgan fingerprint density at radius 3 is 2.38 bits per heavy atom. The van der Waals surface area contributed by atoms with Crippen molar-refractivity contribution in [3.8, 4) is 40.0 Å². The predicted molar refractivity (Wildman–Crippen MR) is 103 cm³/mol. The molecule has 2 aliphatic rings. The first-order valence-corrected chi connectivity index (χ1v) is 8.52. The zero-order valence-corrected chi connectivity index (χ0v) is 14.8. The van der Waals surface area contributed by atoms with Gasteiger partial charge in [-0.2, -0.15) is 5.26 Å². The standard InChI is InChI=1S/C22H18N4/c1-15-3-5-17(6-4-15)18-7-8-19(16(2)13-18)22-24-20-9-11-26(12-10-23)14-21(20)25-22/h3-9,11,13-14H,12H2,1-2H3. The molecule has 4 rings (SSSR count). The number of nitrogens with zero attached hydrogens (tertiary/aromatic N) is 4. The lowest BCUT2D eigenvalue weighted by Crippen LogP contribution is -1.96. The minimum atomic E-state index is 0.308. The monoisotopic (exact) mass is 338 g/mol. The number of imidazole rings is 1. The third-order valence-corrected chi connectivity index (χ3v) is 4.53. The summed E-state index contributed by atoms with van der Waals surface area (Å²) in [5.41, 5.74) is 7.47. The average molecular weight is 338 g/mol. The van der Waals surface area contributed by atoms with Crippen molar-refractivity contribution in [3.63, 3.8) is 0 Å². The highest BCUT2D eigenvalue weighted by atomic mass is 15.0. The topological polar surface area (TPSA) is 54.5 Å². The second kappa shape index (κ2) is 6.45. The largest absolute Gasteiger partial charge is 0.338 e. The number of pyridine rings is 1. The molecule has 2 aliphatic heterocycles. The van der Waals surface area contributed by atoms with E-state index in [-0.39, 0.29) is 0 Å². The number of rotatable bonds is 3. The van der Waals surface area contributed by atoms with Gasteiger partial charge in [-0.25, -0.2) is 9.97 Å². The van der Waals surface area contributed by atoms with Crippen LogP contribution in [0.5, 0.6) is 0 Å². The Labute approximate surface area is 152 Å². The summed E-state index contributed by atoms with van der Waals surface area (Å²) in [5, 5.41) is 8.84. The fourth-order valence-electron chi connectivity index (χ4n) is 3.09. The number of nitriles is 1. The maximum absolute atomic E-state index is 8.84. The van der Waals surface area contributed by atoms with Crippen LogP contribution in [0.25, 0.3) is 33.9 Å². The van der Waals surface area contributed by atoms with E-state index in [2.05, 4.69) is 72.3 Å². The van der Waals surface area contributed by atoms with Crippen LogP contribution in [0.2, 0.25) is 0 Å². The molecule has 0 unspecified atom stereocenters. The first-order chi connectivity index (χ1) is 12.6. The number of aryl methyl sites for hydroxylation is 2. The zero-order valence-electron chi connectivity index (χ0n) is 14.8. The second-order valence-electron chi connectivity index (χ2n) is 6.49. The van der Waals surface area contributed by atoms with Crippen LogP contribution >= 0.6 is 0 Å². The van der Waals surface area contributed by atoms with Crippen LogP contribution in [0.15, 0.2) is 60.9 Å². The van der Waals surface area contributed by atoms with Gasteiger partial charge in [0.15, 0.2) is 5.82 Å². The molecule has 0 atom stereocenters. The summed E-state index contributed by atoms with van der Waals surface area (Å²) >= 11 is 0. The fraction of sp³-hybridized carbons (Fsp3) is 0.136. The van der Waals surface area contributed by atoms with Crippen LogP contribution in [0.4, 0.5) is 0 Å². The van der Waals surface area contributed by atoms with Crippen molar-refractivity contribution in [1.82, 2.24) is 14.5 Å². The van der Waals surface area contributed by atoms with Gasteiger partial charge in [0, 0.05) is 18.0 Å². The number of aromatic nitrogens is 3. The van der Waals surface area contributed by atoms with Crippen molar-refractivity contribution in [2.45, 2.75) is 20.4 Å². The molecule has 0 spiro atoms. The number of fused-ring (bicyclic) bond motifs is 1. The van der Waals surface area contributed by atoms with E-state index in [1.54, 1.807) is 0 Å². The molecule has 26 heavy (non-hydrogen) atoms. The van der Waals surface area contributed by atoms with Gasteiger partial charge in [-0.3, -0.25) is 0 Å². The van der Waals surface area contributed by atoms with E-state index >= 15 is 0 Å². The van der Waals surface area contributed by atoms with Gasteiger partial charge in [0.1, 0.15) is 12.2 Å². The van der Waals surface area contributed by atoms with E-state index in [0.717, 1.165) is 28.3 Å². The first-order valence-electron chi connectivity index (χ1n) is 8.52. The van der Waals surface area contributed by atoms with Crippen LogP contribution in [0, 0.1) is 25.2 Å². The van der Waals surface area contributed by atoms with Crippen LogP contribution < -0.4 is 0 Å². The summed E-state index contributed by atoms with van der Waals surface area (Å²) in [7, 11) is 0. The summed E-state index contributed by atoms with van der Waals surface area (Å²) in [5.74, 6) is 0.725. The molecule has 126 valence electrons. The summed E-state index contributed by atoms with van der Waals surface area (Å²) in [4.78, 5) is 9.31. The van der Waals surface area contributed by atoms with Crippen LogP contribution in [0.1, 0.15) is 11.1 Å². The highest BCUT2D eigenvalue weighted by Gasteiger charge is 2.14. The van der Waals surface area contributed by atoms with E-state index in [9.17, 15) is 0 Å². The van der Waals surface area contributed by atoms with Gasteiger partial charge in [0.2, 0.25) is 0 Å². The number of hydrogen-bond acceptors (Lipinski definition) is 3. The van der Waals surface area contributed by atoms with Gasteiger partial charge in [-0.15, -0.1) is 0 Å². The zero-order chi connectivity index (χ0) is 18.1. The molecule has 0 amide bonds. The third kappa shape index (κ3) is 2.96. The molecule has 0 aromatic heterocycles. The minimum Gasteiger partial charge on any atom is -0.338 e. The quantitative estimate of drug-likeness (QED) is 0.536. The van der Waals surface area contributed by atoms with E-state index < -0.39 is 0 Å². The number of hydrogen-bond donors (Lipinski definition) is 0. The van der Waals surface area contributed by atoms with Crippen LogP contribution in [-0.4, -0.2) is 14.5 Å². The van der Waals surface area contributed by atoms with Crippen molar-refractivity contribution >= 4 is 0 Å². The van der Waals surface area contributed by atoms with E-state index in [1.807, 2.05) is 23.0 Å². The van der Waals surface area contributed by atoms with E-state index in [4.69, 9.17) is 5.26 Å². The van der Waals surface area contributed by atoms with Crippen LogP contribution in [-0.2, 0) is 6.54 Å². The molecule has 0 N–H and O–H groups in total. The molecular formula is C22H18N4. The average Bonchev–Trinajstić information content (AvgIpc) is 3.05. The SMILES string of the molecule is Cc1ccc(-c2ccc(-c3nc4ccn(CC#N)cc-4n3)c(C)c2)cc1. The molecule has 4 nitrogen and oxygen atoms in total. The van der Waals surface area contributed by atoms with Gasteiger partial charge in [0.25, 0.3) is 0 Å². The lowest BCUT2D eigenvalue weighted by molar-refractivity contribution is 0.821. The van der Waals surface area contributed by atoms with Crippen molar-refractivity contribution in [2.75, 3.05) is 0 Å². The Hall–Kier alpha value is -3.45. The molecule has 0 bridgehead atoms. The van der Waals surface area contributed by atoms with Gasteiger partial charge in [-0.05, 0) is 36.6 Å². The van der Waals surface area contributed by atoms with Gasteiger partial charge in [0.05, 0.1) is 11.8 Å². The Bertz CT molecular complexity index is 1080. The molecule has 0 saturated heterocycles. The molecule has 0 aliphatic carbocycles. The number of benzene rings is 2. The third-order valence-electron chi connectivity index (χ3n) is 4.53. The van der Waals surface area contributed by atoms with Gasteiger partial charge in [-0.1, -0.05) is 48.0 Å². The molecule has 2 aromatic rings. The molecule has 2 aromatic carbocycles. The van der Waals surface area contributed by atoms with Crippen molar-refractivity contribution in [2.24, 2.45) is 0 Å². The lowest BCUT2D eigenvalue weighted by atomic mass is 9.99. The van der Waals surface area contributed by atoms with Crippen molar-refractivity contribution < 1.29 is 0 Å². The predicted octanol–water partition coefficient (Wildman–Crippen LogP) is 4.86. The summed E-state index contributed by atoms with van der Waals surface area (Å²) in [6.45, 7) is 4.49. The highest BCUT2D eigenvalue weighted by molar-refractivity contribution is 5.73. The summed E-state index contributed by atoms with van der Waals surface area (Å²) < 4.78 is 1.81. The Balaban J connectivity index is 1.72. The van der Waals surface area contributed by atoms with Gasteiger partial charge >= 0.3 is 0 Å². The first kappa shape index (κ1) is 16.0. The minimum absolute atomic E-state index is 0.308. The smallest absolute Gasteiger partial charge is 0.160 e. The van der Waals surface area contributed by atoms with E-state index in [0.29, 0.717) is 6.54 Å². The molecular weight excluding hydrogens is 320 g/mol. The maximum atomic E-state index is 8.84. The van der Waals surface area contributed by atoms with E-state index in [1.165, 1.54) is 16.7 Å². The van der Waals surface area contributed by atoms with Crippen molar-refractivity contribution in [3.05, 3.63) is 72.1 Å². The summed E-state index contributed by atoms with van der Waals surface area (Å²) in [6, 6.07) is 19.0. The molecule has 0 radical (unpaired) electrons. The Kier molecular flexibility index (Phi) is 3.98. The molecule has 0 fully saturated rings. The maximum Gasteiger partial charge on any atom is 0.160 e. The molecule has 4 heteroatoms. The highest BCUT2D eigenvalue weighted by Crippen LogP contribution is 2.30. The second-order valence-corrected chi connectivity index (χ2v) is 6.49. The van der Waals surface area contributed by atoms with Gasteiger partial charge < -0.3 is 4.57 Å². The fourth-order valence-corrected chi connectivity index (χ4v) is 3.09. The summed E-state index contributed by atoms with van der Waals surface area (Å²) in [6.07, 6.45) is 3.72. The van der Waals surface area contributed by atoms with Crippen LogP contribution in [0.3, 0.4) is 0 Å². The molecule has 0 saturated carbocycles. The lowest BCUT2D eigenvalue weighted by Gasteiger charge is -2.07. The normalized spacial score (nSPS) is 10.8.